The van der Waals surface area contributed by atoms with Gasteiger partial charge in [0.15, 0.2) is 0 Å². The largest absolute Gasteiger partial charge is 0.352 e. The third-order valence-electron chi connectivity index (χ3n) is 3.84. The Kier molecular flexibility index (Phi) is 4.74. The van der Waals surface area contributed by atoms with E-state index in [4.69, 9.17) is 0 Å². The first-order valence-corrected chi connectivity index (χ1v) is 8.06. The monoisotopic (exact) mass is 256 g/mol. The van der Waals surface area contributed by atoms with E-state index in [0.29, 0.717) is 11.3 Å². The molecule has 0 unspecified atom stereocenters. The molecule has 0 radical (unpaired) electrons. The van der Waals surface area contributed by atoms with Crippen molar-refractivity contribution in [2.45, 2.75) is 56.4 Å². The molecule has 0 aromatic rings. The van der Waals surface area contributed by atoms with Gasteiger partial charge in [-0.25, -0.2) is 0 Å². The predicted octanol–water partition coefficient (Wildman–Crippen LogP) is 1.87. The highest BCUT2D eigenvalue weighted by atomic mass is 32.2. The zero-order valence-electron chi connectivity index (χ0n) is 10.9. The maximum atomic E-state index is 12.0. The van der Waals surface area contributed by atoms with Crippen LogP contribution in [0.1, 0.15) is 39.0 Å². The molecule has 3 nitrogen and oxygen atoms in total. The number of hydrogen-bond donors (Lipinski definition) is 1. The molecule has 0 aromatic carbocycles. The molecule has 2 fully saturated rings. The van der Waals surface area contributed by atoms with Gasteiger partial charge in [-0.1, -0.05) is 6.42 Å². The summed E-state index contributed by atoms with van der Waals surface area (Å²) in [4.78, 5) is 14.4. The lowest BCUT2D eigenvalue weighted by Gasteiger charge is -2.28. The van der Waals surface area contributed by atoms with Crippen LogP contribution in [-0.4, -0.2) is 47.5 Å². The SMILES string of the molecule is CS[C@H]1CCCCN([C@H](C)C(=O)NC2CC2)C1. The Bertz CT molecular complexity index is 268. The molecule has 0 spiro atoms. The van der Waals surface area contributed by atoms with Crippen molar-refractivity contribution in [3.63, 3.8) is 0 Å². The quantitative estimate of drug-likeness (QED) is 0.833. The molecule has 1 saturated heterocycles. The number of carbonyl (C=O) groups excluding carboxylic acids is 1. The van der Waals surface area contributed by atoms with Crippen LogP contribution < -0.4 is 5.32 Å². The molecule has 0 bridgehead atoms. The van der Waals surface area contributed by atoms with Gasteiger partial charge in [-0.3, -0.25) is 9.69 Å². The molecule has 1 amide bonds. The van der Waals surface area contributed by atoms with Crippen molar-refractivity contribution < 1.29 is 4.79 Å². The van der Waals surface area contributed by atoms with Gasteiger partial charge in [0.25, 0.3) is 0 Å². The van der Waals surface area contributed by atoms with Crippen LogP contribution in [0, 0.1) is 0 Å². The maximum Gasteiger partial charge on any atom is 0.237 e. The summed E-state index contributed by atoms with van der Waals surface area (Å²) in [5, 5.41) is 3.82. The Morgan fingerprint density at radius 3 is 2.76 bits per heavy atom. The van der Waals surface area contributed by atoms with Crippen LogP contribution in [0.2, 0.25) is 0 Å². The van der Waals surface area contributed by atoms with Crippen LogP contribution in [0.4, 0.5) is 0 Å². The number of nitrogens with zero attached hydrogens (tertiary/aromatic N) is 1. The lowest BCUT2D eigenvalue weighted by atomic mass is 10.2. The fourth-order valence-corrected chi connectivity index (χ4v) is 3.13. The van der Waals surface area contributed by atoms with Crippen molar-refractivity contribution in [3.05, 3.63) is 0 Å². The van der Waals surface area contributed by atoms with Gasteiger partial charge in [-0.2, -0.15) is 11.8 Å². The van der Waals surface area contributed by atoms with E-state index < -0.39 is 0 Å². The predicted molar refractivity (Wildman–Crippen MR) is 73.4 cm³/mol. The molecule has 17 heavy (non-hydrogen) atoms. The molecule has 1 aliphatic carbocycles. The van der Waals surface area contributed by atoms with Crippen LogP contribution in [0.3, 0.4) is 0 Å². The molecule has 1 heterocycles. The Hall–Kier alpha value is -0.220. The van der Waals surface area contributed by atoms with Gasteiger partial charge in [0, 0.05) is 17.8 Å². The molecule has 2 rings (SSSR count). The van der Waals surface area contributed by atoms with Gasteiger partial charge in [0.05, 0.1) is 6.04 Å². The lowest BCUT2D eigenvalue weighted by molar-refractivity contribution is -0.126. The molecule has 0 aromatic heterocycles. The molecule has 1 aliphatic heterocycles. The molecule has 98 valence electrons. The van der Waals surface area contributed by atoms with Crippen molar-refractivity contribution in [2.75, 3.05) is 19.3 Å². The second kappa shape index (κ2) is 6.10. The Morgan fingerprint density at radius 2 is 2.12 bits per heavy atom. The van der Waals surface area contributed by atoms with Gasteiger partial charge in [-0.05, 0) is 45.4 Å². The van der Waals surface area contributed by atoms with Crippen molar-refractivity contribution in [3.8, 4) is 0 Å². The molecular weight excluding hydrogens is 232 g/mol. The number of thioether (sulfide) groups is 1. The Balaban J connectivity index is 1.86. The first-order chi connectivity index (χ1) is 8.20. The van der Waals surface area contributed by atoms with E-state index in [2.05, 4.69) is 23.4 Å². The molecular formula is C13H24N2OS. The van der Waals surface area contributed by atoms with Crippen LogP contribution in [0.15, 0.2) is 0 Å². The topological polar surface area (TPSA) is 32.3 Å². The van der Waals surface area contributed by atoms with Crippen molar-refractivity contribution in [1.82, 2.24) is 10.2 Å². The van der Waals surface area contributed by atoms with Crippen LogP contribution in [0.5, 0.6) is 0 Å². The highest BCUT2D eigenvalue weighted by molar-refractivity contribution is 7.99. The van der Waals surface area contributed by atoms with Crippen LogP contribution in [0.25, 0.3) is 0 Å². The van der Waals surface area contributed by atoms with E-state index in [9.17, 15) is 4.79 Å². The summed E-state index contributed by atoms with van der Waals surface area (Å²) in [6, 6.07) is 0.525. The standard InChI is InChI=1S/C13H24N2OS/c1-10(13(16)14-11-6-7-11)15-8-4-3-5-12(9-15)17-2/h10-12H,3-9H2,1-2H3,(H,14,16)/t10-,12+/m1/s1. The summed E-state index contributed by atoms with van der Waals surface area (Å²) >= 11 is 1.94. The van der Waals surface area contributed by atoms with Crippen LogP contribution in [-0.2, 0) is 4.79 Å². The van der Waals surface area contributed by atoms with E-state index in [1.807, 2.05) is 11.8 Å². The minimum Gasteiger partial charge on any atom is -0.352 e. The maximum absolute atomic E-state index is 12.0. The van der Waals surface area contributed by atoms with Gasteiger partial charge < -0.3 is 5.32 Å². The normalized spacial score (nSPS) is 28.5. The van der Waals surface area contributed by atoms with Crippen LogP contribution >= 0.6 is 11.8 Å². The second-order valence-corrected chi connectivity index (χ2v) is 6.45. The molecule has 2 aliphatic rings. The van der Waals surface area contributed by atoms with Gasteiger partial charge in [-0.15, -0.1) is 0 Å². The smallest absolute Gasteiger partial charge is 0.237 e. The number of carbonyl (C=O) groups is 1. The van der Waals surface area contributed by atoms with Crippen molar-refractivity contribution >= 4 is 17.7 Å². The van der Waals surface area contributed by atoms with Crippen molar-refractivity contribution in [2.24, 2.45) is 0 Å². The number of likely N-dealkylation sites (tertiary alicyclic amines) is 1. The zero-order chi connectivity index (χ0) is 12.3. The first kappa shape index (κ1) is 13.2. The number of amides is 1. The molecule has 1 saturated carbocycles. The average Bonchev–Trinajstić information content (AvgIpc) is 3.13. The van der Waals surface area contributed by atoms with Gasteiger partial charge in [0.2, 0.25) is 5.91 Å². The summed E-state index contributed by atoms with van der Waals surface area (Å²) in [5.74, 6) is 0.231. The average molecular weight is 256 g/mol. The van der Waals surface area contributed by atoms with E-state index in [1.54, 1.807) is 0 Å². The second-order valence-electron chi connectivity index (χ2n) is 5.31. The Labute approximate surface area is 109 Å². The lowest BCUT2D eigenvalue weighted by Crippen LogP contribution is -2.47. The summed E-state index contributed by atoms with van der Waals surface area (Å²) < 4.78 is 0. The Morgan fingerprint density at radius 1 is 1.35 bits per heavy atom. The number of nitrogens with one attached hydrogen (secondary N) is 1. The highest BCUT2D eigenvalue weighted by Gasteiger charge is 2.29. The third kappa shape index (κ3) is 3.88. The van der Waals surface area contributed by atoms with E-state index in [0.717, 1.165) is 13.1 Å². The van der Waals surface area contributed by atoms with Gasteiger partial charge in [0.1, 0.15) is 0 Å². The summed E-state index contributed by atoms with van der Waals surface area (Å²) in [6.45, 7) is 4.21. The minimum atomic E-state index is 0.0448. The van der Waals surface area contributed by atoms with Gasteiger partial charge >= 0.3 is 0 Å². The summed E-state index contributed by atoms with van der Waals surface area (Å²) in [7, 11) is 0. The van der Waals surface area contributed by atoms with E-state index in [1.165, 1.54) is 32.1 Å². The molecule has 2 atom stereocenters. The molecule has 4 heteroatoms. The fourth-order valence-electron chi connectivity index (χ4n) is 2.39. The minimum absolute atomic E-state index is 0.0448. The first-order valence-electron chi connectivity index (χ1n) is 6.78. The summed E-state index contributed by atoms with van der Waals surface area (Å²) in [6.07, 6.45) is 8.37. The van der Waals surface area contributed by atoms with E-state index in [-0.39, 0.29) is 11.9 Å². The van der Waals surface area contributed by atoms with Crippen molar-refractivity contribution in [1.29, 1.82) is 0 Å². The fraction of sp³-hybridized carbons (Fsp3) is 0.923. The third-order valence-corrected chi connectivity index (χ3v) is 4.90. The summed E-state index contributed by atoms with van der Waals surface area (Å²) in [5.41, 5.74) is 0. The van der Waals surface area contributed by atoms with E-state index >= 15 is 0 Å². The zero-order valence-corrected chi connectivity index (χ0v) is 11.8. The number of hydrogen-bond acceptors (Lipinski definition) is 3. The molecule has 1 N–H and O–H groups in total. The highest BCUT2D eigenvalue weighted by Crippen LogP contribution is 2.22. The number of rotatable bonds is 4.